The molecule has 1 aromatic carbocycles. The Morgan fingerprint density at radius 3 is 2.58 bits per heavy atom. The third-order valence-electron chi connectivity index (χ3n) is 4.01. The molecular formula is C16H19N3. The second-order valence-corrected chi connectivity index (χ2v) is 5.73. The van der Waals surface area contributed by atoms with Crippen molar-refractivity contribution in [1.29, 1.82) is 0 Å². The maximum absolute atomic E-state index is 4.62. The van der Waals surface area contributed by atoms with Crippen molar-refractivity contribution in [2.24, 2.45) is 0 Å². The van der Waals surface area contributed by atoms with Gasteiger partial charge in [0.15, 0.2) is 0 Å². The fraction of sp³-hybridized carbons (Fsp3) is 0.438. The molecule has 0 atom stereocenters. The van der Waals surface area contributed by atoms with Gasteiger partial charge in [-0.05, 0) is 37.8 Å². The van der Waals surface area contributed by atoms with E-state index in [9.17, 15) is 0 Å². The summed E-state index contributed by atoms with van der Waals surface area (Å²) in [6, 6.07) is 11.2. The molecule has 1 N–H and O–H groups in total. The summed E-state index contributed by atoms with van der Waals surface area (Å²) in [4.78, 5) is 0. The van der Waals surface area contributed by atoms with Crippen molar-refractivity contribution in [3.8, 4) is 5.69 Å². The maximum Gasteiger partial charge on any atom is 0.0649 e. The molecule has 0 radical (unpaired) electrons. The van der Waals surface area contributed by atoms with Crippen LogP contribution in [0.15, 0.2) is 36.5 Å². The number of benzene rings is 1. The zero-order chi connectivity index (χ0) is 12.7. The molecule has 3 heteroatoms. The molecule has 0 aliphatic heterocycles. The van der Waals surface area contributed by atoms with Crippen molar-refractivity contribution in [2.75, 3.05) is 0 Å². The summed E-state index contributed by atoms with van der Waals surface area (Å²) in [7, 11) is 0. The minimum absolute atomic E-state index is 0.721. The van der Waals surface area contributed by atoms with E-state index in [0.717, 1.165) is 18.5 Å². The Hall–Kier alpha value is -1.61. The highest BCUT2D eigenvalue weighted by Crippen LogP contribution is 2.42. The van der Waals surface area contributed by atoms with E-state index in [1.165, 1.54) is 42.6 Å². The Morgan fingerprint density at radius 1 is 1.11 bits per heavy atom. The Balaban J connectivity index is 1.66. The van der Waals surface area contributed by atoms with Crippen LogP contribution in [0.1, 0.15) is 42.9 Å². The van der Waals surface area contributed by atoms with Crippen LogP contribution >= 0.6 is 0 Å². The second-order valence-electron chi connectivity index (χ2n) is 5.73. The molecule has 0 unspecified atom stereocenters. The van der Waals surface area contributed by atoms with Crippen molar-refractivity contribution in [3.63, 3.8) is 0 Å². The molecular weight excluding hydrogens is 234 g/mol. The van der Waals surface area contributed by atoms with Crippen molar-refractivity contribution in [2.45, 2.75) is 44.2 Å². The molecule has 3 nitrogen and oxygen atoms in total. The molecule has 0 bridgehead atoms. The van der Waals surface area contributed by atoms with Crippen LogP contribution in [0, 0.1) is 0 Å². The molecule has 2 aromatic rings. The lowest BCUT2D eigenvalue weighted by atomic mass is 10.1. The van der Waals surface area contributed by atoms with Gasteiger partial charge < -0.3 is 5.32 Å². The van der Waals surface area contributed by atoms with E-state index >= 15 is 0 Å². The van der Waals surface area contributed by atoms with Crippen LogP contribution in [-0.4, -0.2) is 15.8 Å². The van der Waals surface area contributed by atoms with Gasteiger partial charge in [0.2, 0.25) is 0 Å². The monoisotopic (exact) mass is 253 g/mol. The lowest BCUT2D eigenvalue weighted by molar-refractivity contribution is 0.679. The summed E-state index contributed by atoms with van der Waals surface area (Å²) in [6.07, 6.45) is 7.36. The largest absolute Gasteiger partial charge is 0.310 e. The smallest absolute Gasteiger partial charge is 0.0649 e. The lowest BCUT2D eigenvalue weighted by Crippen LogP contribution is -2.16. The summed E-state index contributed by atoms with van der Waals surface area (Å²) in [5, 5.41) is 8.23. The number of aromatic nitrogens is 2. The van der Waals surface area contributed by atoms with E-state index in [1.807, 2.05) is 0 Å². The van der Waals surface area contributed by atoms with Crippen molar-refractivity contribution >= 4 is 0 Å². The summed E-state index contributed by atoms with van der Waals surface area (Å²) in [5.41, 5.74) is 4.00. The zero-order valence-corrected chi connectivity index (χ0v) is 11.0. The fourth-order valence-electron chi connectivity index (χ4n) is 2.64. The normalized spacial score (nSPS) is 18.7. The van der Waals surface area contributed by atoms with Crippen molar-refractivity contribution in [1.82, 2.24) is 15.1 Å². The third-order valence-corrected chi connectivity index (χ3v) is 4.01. The van der Waals surface area contributed by atoms with E-state index < -0.39 is 0 Å². The maximum atomic E-state index is 4.62. The van der Waals surface area contributed by atoms with E-state index in [2.05, 4.69) is 51.6 Å². The number of rotatable bonds is 5. The zero-order valence-electron chi connectivity index (χ0n) is 11.0. The Labute approximate surface area is 113 Å². The summed E-state index contributed by atoms with van der Waals surface area (Å²) in [5.74, 6) is 0.721. The average molecular weight is 253 g/mol. The number of para-hydroxylation sites is 1. The highest BCUT2D eigenvalue weighted by atomic mass is 15.3. The van der Waals surface area contributed by atoms with Crippen LogP contribution in [0.2, 0.25) is 0 Å². The minimum Gasteiger partial charge on any atom is -0.310 e. The van der Waals surface area contributed by atoms with E-state index in [-0.39, 0.29) is 0 Å². The SMILES string of the molecule is c1ccc(-n2ncc(CNC3CC3)c2C2CC2)cc1. The number of hydrogen-bond acceptors (Lipinski definition) is 2. The first kappa shape index (κ1) is 11.2. The van der Waals surface area contributed by atoms with Gasteiger partial charge in [0.1, 0.15) is 0 Å². The Kier molecular flexibility index (Phi) is 2.66. The summed E-state index contributed by atoms with van der Waals surface area (Å²) >= 11 is 0. The second kappa shape index (κ2) is 4.49. The predicted molar refractivity (Wildman–Crippen MR) is 75.4 cm³/mol. The van der Waals surface area contributed by atoms with E-state index in [0.29, 0.717) is 0 Å². The molecule has 19 heavy (non-hydrogen) atoms. The molecule has 2 saturated carbocycles. The first-order valence-corrected chi connectivity index (χ1v) is 7.27. The average Bonchev–Trinajstić information content (AvgIpc) is 3.37. The quantitative estimate of drug-likeness (QED) is 0.887. The van der Waals surface area contributed by atoms with Gasteiger partial charge in [-0.15, -0.1) is 0 Å². The van der Waals surface area contributed by atoms with Crippen LogP contribution < -0.4 is 5.32 Å². The fourth-order valence-corrected chi connectivity index (χ4v) is 2.64. The first-order chi connectivity index (χ1) is 9.42. The molecule has 1 heterocycles. The third kappa shape index (κ3) is 2.30. The van der Waals surface area contributed by atoms with Gasteiger partial charge in [0, 0.05) is 24.1 Å². The van der Waals surface area contributed by atoms with Gasteiger partial charge in [0.25, 0.3) is 0 Å². The van der Waals surface area contributed by atoms with Gasteiger partial charge in [-0.25, -0.2) is 4.68 Å². The Bertz CT molecular complexity index is 565. The van der Waals surface area contributed by atoms with Crippen LogP contribution in [0.25, 0.3) is 5.69 Å². The van der Waals surface area contributed by atoms with Gasteiger partial charge in [0.05, 0.1) is 17.6 Å². The first-order valence-electron chi connectivity index (χ1n) is 7.27. The number of nitrogens with zero attached hydrogens (tertiary/aromatic N) is 2. The minimum atomic E-state index is 0.721. The number of nitrogens with one attached hydrogen (secondary N) is 1. The molecule has 2 aliphatic carbocycles. The highest BCUT2D eigenvalue weighted by Gasteiger charge is 2.31. The predicted octanol–water partition coefficient (Wildman–Crippen LogP) is 3.00. The van der Waals surface area contributed by atoms with Crippen LogP contribution in [-0.2, 0) is 6.54 Å². The summed E-state index contributed by atoms with van der Waals surface area (Å²) < 4.78 is 2.14. The molecule has 2 fully saturated rings. The van der Waals surface area contributed by atoms with E-state index in [1.54, 1.807) is 0 Å². The van der Waals surface area contributed by atoms with Crippen molar-refractivity contribution in [3.05, 3.63) is 47.8 Å². The number of hydrogen-bond donors (Lipinski definition) is 1. The molecule has 0 amide bonds. The van der Waals surface area contributed by atoms with Crippen LogP contribution in [0.4, 0.5) is 0 Å². The van der Waals surface area contributed by atoms with E-state index in [4.69, 9.17) is 0 Å². The van der Waals surface area contributed by atoms with Crippen LogP contribution in [0.5, 0.6) is 0 Å². The topological polar surface area (TPSA) is 29.9 Å². The highest BCUT2D eigenvalue weighted by molar-refractivity contribution is 5.37. The summed E-state index contributed by atoms with van der Waals surface area (Å²) in [6.45, 7) is 0.976. The standard InChI is InChI=1S/C16H19N3/c1-2-4-15(5-3-1)19-16(12-6-7-12)13(11-18-19)10-17-14-8-9-14/h1-5,11-12,14,17H,6-10H2. The molecule has 98 valence electrons. The Morgan fingerprint density at radius 2 is 1.89 bits per heavy atom. The van der Waals surface area contributed by atoms with Gasteiger partial charge >= 0.3 is 0 Å². The molecule has 0 saturated heterocycles. The van der Waals surface area contributed by atoms with Crippen molar-refractivity contribution < 1.29 is 0 Å². The molecule has 1 aromatic heterocycles. The molecule has 0 spiro atoms. The van der Waals surface area contributed by atoms with Gasteiger partial charge in [-0.1, -0.05) is 18.2 Å². The molecule has 4 rings (SSSR count). The van der Waals surface area contributed by atoms with Gasteiger partial charge in [-0.2, -0.15) is 5.10 Å². The van der Waals surface area contributed by atoms with Crippen LogP contribution in [0.3, 0.4) is 0 Å². The molecule has 2 aliphatic rings. The van der Waals surface area contributed by atoms with Gasteiger partial charge in [-0.3, -0.25) is 0 Å². The lowest BCUT2D eigenvalue weighted by Gasteiger charge is -2.09.